The lowest BCUT2D eigenvalue weighted by Gasteiger charge is -2.37. The molecule has 0 spiro atoms. The number of hydrazine groups is 1. The molecule has 0 aromatic rings. The summed E-state index contributed by atoms with van der Waals surface area (Å²) in [6, 6.07) is -1.79. The summed E-state index contributed by atoms with van der Waals surface area (Å²) in [6.07, 6.45) is 5.00. The van der Waals surface area contributed by atoms with Crippen molar-refractivity contribution < 1.29 is 33.5 Å². The molecule has 2 atom stereocenters. The lowest BCUT2D eigenvalue weighted by molar-refractivity contribution is -0.147. The summed E-state index contributed by atoms with van der Waals surface area (Å²) in [5.41, 5.74) is 3.00. The molecule has 3 aliphatic heterocycles. The van der Waals surface area contributed by atoms with E-state index in [2.05, 4.69) is 27.5 Å². The fraction of sp³-hybridized carbons (Fsp3) is 0.750. The van der Waals surface area contributed by atoms with Crippen molar-refractivity contribution in [3.05, 3.63) is 12.7 Å². The van der Waals surface area contributed by atoms with Gasteiger partial charge >= 0.3 is 5.97 Å². The monoisotopic (exact) mass is 647 g/mol. The van der Waals surface area contributed by atoms with Crippen molar-refractivity contribution in [2.24, 2.45) is 5.92 Å². The second-order valence-electron chi connectivity index (χ2n) is 12.7. The van der Waals surface area contributed by atoms with E-state index >= 15 is 0 Å². The van der Waals surface area contributed by atoms with E-state index in [1.165, 1.54) is 11.1 Å². The molecule has 14 heteroatoms. The second-order valence-corrected chi connectivity index (χ2v) is 12.7. The first-order valence-electron chi connectivity index (χ1n) is 16.7. The molecule has 0 saturated carbocycles. The van der Waals surface area contributed by atoms with Crippen molar-refractivity contribution >= 4 is 35.4 Å². The van der Waals surface area contributed by atoms with Gasteiger partial charge in [-0.15, -0.1) is 0 Å². The molecule has 4 amide bonds. The predicted octanol–water partition coefficient (Wildman–Crippen LogP) is -0.162. The zero-order chi connectivity index (χ0) is 33.5. The van der Waals surface area contributed by atoms with Crippen molar-refractivity contribution in [3.63, 3.8) is 0 Å². The first-order valence-corrected chi connectivity index (χ1v) is 16.7. The Morgan fingerprint density at radius 3 is 2.24 bits per heavy atom. The molecule has 0 aliphatic carbocycles. The Balaban J connectivity index is 1.56. The molecule has 3 rings (SSSR count). The van der Waals surface area contributed by atoms with Crippen molar-refractivity contribution in [1.29, 1.82) is 0 Å². The van der Waals surface area contributed by atoms with Gasteiger partial charge in [0.15, 0.2) is 5.78 Å². The highest BCUT2D eigenvalue weighted by molar-refractivity contribution is 5.94. The molecule has 46 heavy (non-hydrogen) atoms. The minimum absolute atomic E-state index is 0.0216. The van der Waals surface area contributed by atoms with Gasteiger partial charge in [-0.05, 0) is 38.0 Å². The van der Waals surface area contributed by atoms with E-state index in [9.17, 15) is 28.8 Å². The topological polar surface area (TPSA) is 161 Å². The number of esters is 1. The normalized spacial score (nSPS) is 19.8. The average Bonchev–Trinajstić information content (AvgIpc) is 3.58. The summed E-state index contributed by atoms with van der Waals surface area (Å²) >= 11 is 0. The fourth-order valence-electron chi connectivity index (χ4n) is 5.88. The number of ketones is 1. The molecule has 0 aromatic carbocycles. The molecule has 3 heterocycles. The zero-order valence-electron chi connectivity index (χ0n) is 27.6. The second kappa shape index (κ2) is 19.3. The van der Waals surface area contributed by atoms with Crippen LogP contribution >= 0.6 is 0 Å². The summed E-state index contributed by atoms with van der Waals surface area (Å²) < 4.78 is 5.08. The van der Waals surface area contributed by atoms with E-state index in [1.807, 2.05) is 23.6 Å². The van der Waals surface area contributed by atoms with Crippen LogP contribution in [0.2, 0.25) is 0 Å². The van der Waals surface area contributed by atoms with Crippen molar-refractivity contribution in [1.82, 2.24) is 35.8 Å². The standard InChI is InChI=1S/C32H53N7O7/c1-4-20-46-31(44)10-9-25(27(40)22-36-16-18-37(19-17-36)23-30(43)38-14-5-6-15-38)35-32(45)26-8-7-12-34-39(26)29(42)11-13-33-28(41)21-24(2)3/h4,24-26,34H,1,5-23H2,2-3H3,(H,33,41)(H,35,45). The third kappa shape index (κ3) is 12.4. The van der Waals surface area contributed by atoms with Gasteiger partial charge in [-0.2, -0.15) is 0 Å². The van der Waals surface area contributed by atoms with Crippen molar-refractivity contribution in [2.45, 2.75) is 77.3 Å². The van der Waals surface area contributed by atoms with Crippen LogP contribution in [0.5, 0.6) is 0 Å². The summed E-state index contributed by atoms with van der Waals surface area (Å²) in [4.78, 5) is 82.9. The highest BCUT2D eigenvalue weighted by atomic mass is 16.5. The van der Waals surface area contributed by atoms with Crippen LogP contribution in [0, 0.1) is 5.92 Å². The van der Waals surface area contributed by atoms with Crippen LogP contribution in [0.4, 0.5) is 0 Å². The maximum atomic E-state index is 13.6. The highest BCUT2D eigenvalue weighted by Gasteiger charge is 2.35. The first kappa shape index (κ1) is 37.1. The van der Waals surface area contributed by atoms with Gasteiger partial charge in [0, 0.05) is 71.6 Å². The lowest BCUT2D eigenvalue weighted by Crippen LogP contribution is -2.61. The maximum Gasteiger partial charge on any atom is 0.306 e. The zero-order valence-corrected chi connectivity index (χ0v) is 27.6. The van der Waals surface area contributed by atoms with Gasteiger partial charge in [0.1, 0.15) is 12.6 Å². The molecule has 0 radical (unpaired) electrons. The molecule has 14 nitrogen and oxygen atoms in total. The quantitative estimate of drug-likeness (QED) is 0.143. The smallest absolute Gasteiger partial charge is 0.306 e. The molecule has 0 aromatic heterocycles. The van der Waals surface area contributed by atoms with Crippen LogP contribution in [0.1, 0.15) is 65.2 Å². The van der Waals surface area contributed by atoms with Crippen LogP contribution in [-0.4, -0.2) is 139 Å². The molecular formula is C32H53N7O7. The minimum Gasteiger partial charge on any atom is -0.461 e. The van der Waals surface area contributed by atoms with Gasteiger partial charge < -0.3 is 20.3 Å². The van der Waals surface area contributed by atoms with E-state index < -0.39 is 24.0 Å². The van der Waals surface area contributed by atoms with Crippen molar-refractivity contribution in [3.8, 4) is 0 Å². The Kier molecular flexibility index (Phi) is 15.6. The lowest BCUT2D eigenvalue weighted by atomic mass is 10.0. The number of carbonyl (C=O) groups excluding carboxylic acids is 6. The largest absolute Gasteiger partial charge is 0.461 e. The maximum absolute atomic E-state index is 13.6. The number of ether oxygens (including phenoxy) is 1. The Hall–Kier alpha value is -3.36. The molecule has 3 aliphatic rings. The van der Waals surface area contributed by atoms with Crippen LogP contribution in [0.3, 0.4) is 0 Å². The van der Waals surface area contributed by atoms with Gasteiger partial charge in [0.2, 0.25) is 23.6 Å². The number of nitrogens with one attached hydrogen (secondary N) is 3. The van der Waals surface area contributed by atoms with E-state index in [0.717, 1.165) is 25.9 Å². The molecule has 2 unspecified atom stereocenters. The number of nitrogens with zero attached hydrogens (tertiary/aromatic N) is 4. The van der Waals surface area contributed by atoms with Crippen LogP contribution in [0.15, 0.2) is 12.7 Å². The highest BCUT2D eigenvalue weighted by Crippen LogP contribution is 2.15. The Labute approximate surface area is 272 Å². The number of amides is 4. The van der Waals surface area contributed by atoms with Crippen LogP contribution in [-0.2, 0) is 33.5 Å². The molecule has 0 bridgehead atoms. The average molecular weight is 648 g/mol. The number of rotatable bonds is 17. The Morgan fingerprint density at radius 1 is 0.913 bits per heavy atom. The number of piperazine rings is 1. The Morgan fingerprint density at radius 2 is 1.59 bits per heavy atom. The van der Waals surface area contributed by atoms with E-state index in [4.69, 9.17) is 4.74 Å². The van der Waals surface area contributed by atoms with E-state index in [0.29, 0.717) is 58.5 Å². The summed E-state index contributed by atoms with van der Waals surface area (Å²) in [5, 5.41) is 6.87. The van der Waals surface area contributed by atoms with Gasteiger partial charge in [-0.3, -0.25) is 43.6 Å². The number of likely N-dealkylation sites (tertiary alicyclic amines) is 1. The van der Waals surface area contributed by atoms with Crippen LogP contribution < -0.4 is 16.1 Å². The third-order valence-corrected chi connectivity index (χ3v) is 8.44. The van der Waals surface area contributed by atoms with E-state index in [1.54, 1.807) is 0 Å². The SMILES string of the molecule is C=CCOC(=O)CCC(NC(=O)C1CCCNN1C(=O)CCNC(=O)CC(C)C)C(=O)CN1CCN(CC(=O)N2CCCC2)CC1. The first-order chi connectivity index (χ1) is 22.1. The van der Waals surface area contributed by atoms with Gasteiger partial charge in [0.25, 0.3) is 0 Å². The number of Topliss-reactive ketones (excluding diaryl/α,β-unsaturated/α-hetero) is 1. The molecule has 258 valence electrons. The molecule has 3 saturated heterocycles. The molecular weight excluding hydrogens is 594 g/mol. The third-order valence-electron chi connectivity index (χ3n) is 8.44. The van der Waals surface area contributed by atoms with Gasteiger partial charge in [-0.1, -0.05) is 26.5 Å². The van der Waals surface area contributed by atoms with Gasteiger partial charge in [-0.25, -0.2) is 5.43 Å². The summed E-state index contributed by atoms with van der Waals surface area (Å²) in [5.74, 6) is -1.33. The molecule has 3 fully saturated rings. The van der Waals surface area contributed by atoms with Gasteiger partial charge in [0.05, 0.1) is 19.1 Å². The number of hydrogen-bond acceptors (Lipinski definition) is 10. The van der Waals surface area contributed by atoms with E-state index in [-0.39, 0.29) is 68.4 Å². The summed E-state index contributed by atoms with van der Waals surface area (Å²) in [7, 11) is 0. The van der Waals surface area contributed by atoms with Crippen molar-refractivity contribution in [2.75, 3.05) is 72.1 Å². The van der Waals surface area contributed by atoms with Crippen LogP contribution in [0.25, 0.3) is 0 Å². The number of hydrogen-bond donors (Lipinski definition) is 3. The summed E-state index contributed by atoms with van der Waals surface area (Å²) in [6.45, 7) is 12.8. The predicted molar refractivity (Wildman–Crippen MR) is 171 cm³/mol. The number of carbonyl (C=O) groups is 6. The minimum atomic E-state index is -0.951. The molecule has 3 N–H and O–H groups in total. The fourth-order valence-corrected chi connectivity index (χ4v) is 5.88. The Bertz CT molecular complexity index is 1070.